The predicted octanol–water partition coefficient (Wildman–Crippen LogP) is 3.27. The summed E-state index contributed by atoms with van der Waals surface area (Å²) in [4.78, 5) is 0. The highest BCUT2D eigenvalue weighted by Crippen LogP contribution is 2.31. The van der Waals surface area contributed by atoms with Crippen molar-refractivity contribution in [2.45, 2.75) is 52.0 Å². The quantitative estimate of drug-likeness (QED) is 0.809. The van der Waals surface area contributed by atoms with Crippen molar-refractivity contribution in [3.63, 3.8) is 0 Å². The summed E-state index contributed by atoms with van der Waals surface area (Å²) in [6.45, 7) is 5.39. The van der Waals surface area contributed by atoms with E-state index in [0.29, 0.717) is 6.04 Å². The molecule has 3 nitrogen and oxygen atoms in total. The van der Waals surface area contributed by atoms with Crippen LogP contribution in [0.25, 0.3) is 0 Å². The molecule has 1 aromatic heterocycles. The average molecular weight is 247 g/mol. The van der Waals surface area contributed by atoms with E-state index in [2.05, 4.69) is 36.5 Å². The molecule has 1 heterocycles. The van der Waals surface area contributed by atoms with Gasteiger partial charge >= 0.3 is 0 Å². The third-order valence-electron chi connectivity index (χ3n) is 3.66. The van der Waals surface area contributed by atoms with Crippen LogP contribution in [0.5, 0.6) is 0 Å². The van der Waals surface area contributed by atoms with Crippen molar-refractivity contribution in [3.8, 4) is 0 Å². The molecule has 100 valence electrons. The molecular formula is C15H25N3. The predicted molar refractivity (Wildman–Crippen MR) is 75.5 cm³/mol. The molecule has 1 unspecified atom stereocenters. The van der Waals surface area contributed by atoms with Crippen molar-refractivity contribution in [3.05, 3.63) is 29.1 Å². The highest BCUT2D eigenvalue weighted by atomic mass is 15.3. The molecule has 0 bridgehead atoms. The van der Waals surface area contributed by atoms with Gasteiger partial charge in [0, 0.05) is 18.8 Å². The Bertz CT molecular complexity index is 417. The van der Waals surface area contributed by atoms with Gasteiger partial charge in [-0.1, -0.05) is 18.6 Å². The molecule has 0 saturated carbocycles. The fourth-order valence-corrected chi connectivity index (χ4v) is 2.76. The van der Waals surface area contributed by atoms with Gasteiger partial charge in [-0.15, -0.1) is 0 Å². The van der Waals surface area contributed by atoms with Gasteiger partial charge in [0.15, 0.2) is 0 Å². The van der Waals surface area contributed by atoms with E-state index in [-0.39, 0.29) is 0 Å². The second-order valence-electron chi connectivity index (χ2n) is 5.26. The monoisotopic (exact) mass is 247 g/mol. The fourth-order valence-electron chi connectivity index (χ4n) is 2.76. The van der Waals surface area contributed by atoms with Gasteiger partial charge in [-0.05, 0) is 45.6 Å². The maximum Gasteiger partial charge on any atom is 0.0644 e. The molecule has 1 aliphatic rings. The van der Waals surface area contributed by atoms with Crippen molar-refractivity contribution in [2.75, 3.05) is 6.54 Å². The van der Waals surface area contributed by atoms with Crippen LogP contribution in [0.3, 0.4) is 0 Å². The Labute approximate surface area is 110 Å². The maximum absolute atomic E-state index is 4.48. The van der Waals surface area contributed by atoms with Gasteiger partial charge in [0.2, 0.25) is 0 Å². The van der Waals surface area contributed by atoms with Gasteiger partial charge in [-0.2, -0.15) is 5.10 Å². The van der Waals surface area contributed by atoms with E-state index in [0.717, 1.165) is 12.2 Å². The lowest BCUT2D eigenvalue weighted by atomic mass is 9.90. The van der Waals surface area contributed by atoms with Gasteiger partial charge in [-0.3, -0.25) is 4.68 Å². The molecule has 0 amide bonds. The Morgan fingerprint density at radius 3 is 2.83 bits per heavy atom. The molecule has 0 aromatic carbocycles. The molecule has 0 saturated heterocycles. The van der Waals surface area contributed by atoms with E-state index in [1.807, 2.05) is 11.7 Å². The highest BCUT2D eigenvalue weighted by molar-refractivity contribution is 5.30. The summed E-state index contributed by atoms with van der Waals surface area (Å²) in [5.74, 6) is 0. The molecule has 1 aliphatic carbocycles. The molecule has 1 N–H and O–H groups in total. The number of rotatable bonds is 5. The summed E-state index contributed by atoms with van der Waals surface area (Å²) in [6.07, 6.45) is 10.9. The first-order valence-electron chi connectivity index (χ1n) is 7.14. The van der Waals surface area contributed by atoms with Crippen LogP contribution in [-0.4, -0.2) is 16.3 Å². The summed E-state index contributed by atoms with van der Waals surface area (Å²) >= 11 is 0. The Morgan fingerprint density at radius 2 is 2.28 bits per heavy atom. The lowest BCUT2D eigenvalue weighted by molar-refractivity contribution is 0.545. The molecule has 1 atom stereocenters. The van der Waals surface area contributed by atoms with Crippen LogP contribution in [0.1, 0.15) is 56.3 Å². The third-order valence-corrected chi connectivity index (χ3v) is 3.66. The Balaban J connectivity index is 2.23. The zero-order chi connectivity index (χ0) is 13.0. The smallest absolute Gasteiger partial charge is 0.0644 e. The van der Waals surface area contributed by atoms with Crippen LogP contribution >= 0.6 is 0 Å². The first kappa shape index (κ1) is 13.3. The zero-order valence-electron chi connectivity index (χ0n) is 11.9. The van der Waals surface area contributed by atoms with Crippen molar-refractivity contribution >= 4 is 0 Å². The van der Waals surface area contributed by atoms with E-state index in [1.165, 1.54) is 37.7 Å². The lowest BCUT2D eigenvalue weighted by Crippen LogP contribution is -2.25. The first-order chi connectivity index (χ1) is 8.72. The van der Waals surface area contributed by atoms with Crippen LogP contribution in [0.15, 0.2) is 17.8 Å². The molecule has 1 aromatic rings. The van der Waals surface area contributed by atoms with Crippen LogP contribution in [0.4, 0.5) is 0 Å². The number of hydrogen-bond donors (Lipinski definition) is 1. The van der Waals surface area contributed by atoms with E-state index in [9.17, 15) is 0 Å². The standard InChI is InChI=1S/C15H25N3/c1-4-10-16-15(13-8-6-5-7-9-13)14-11-18(3)17-12(14)2/h8,11,15-16H,4-7,9-10H2,1-3H3. The molecule has 3 heteroatoms. The summed E-state index contributed by atoms with van der Waals surface area (Å²) in [5.41, 5.74) is 4.06. The number of aryl methyl sites for hydroxylation is 2. The molecule has 18 heavy (non-hydrogen) atoms. The minimum atomic E-state index is 0.374. The number of allylic oxidation sites excluding steroid dienone is 1. The number of nitrogens with zero attached hydrogens (tertiary/aromatic N) is 2. The summed E-state index contributed by atoms with van der Waals surface area (Å²) in [5, 5.41) is 8.17. The molecule has 2 rings (SSSR count). The van der Waals surface area contributed by atoms with Gasteiger partial charge in [0.1, 0.15) is 0 Å². The largest absolute Gasteiger partial charge is 0.306 e. The van der Waals surface area contributed by atoms with Gasteiger partial charge in [-0.25, -0.2) is 0 Å². The van der Waals surface area contributed by atoms with E-state index >= 15 is 0 Å². The minimum Gasteiger partial charge on any atom is -0.306 e. The van der Waals surface area contributed by atoms with E-state index in [4.69, 9.17) is 0 Å². The summed E-state index contributed by atoms with van der Waals surface area (Å²) in [6, 6.07) is 0.374. The molecule has 0 aliphatic heterocycles. The SMILES string of the molecule is CCCNC(C1=CCCCC1)c1cn(C)nc1C. The Kier molecular flexibility index (Phi) is 4.59. The van der Waals surface area contributed by atoms with Gasteiger partial charge < -0.3 is 5.32 Å². The van der Waals surface area contributed by atoms with Crippen molar-refractivity contribution in [1.29, 1.82) is 0 Å². The van der Waals surface area contributed by atoms with Crippen molar-refractivity contribution in [1.82, 2.24) is 15.1 Å². The fraction of sp³-hybridized carbons (Fsp3) is 0.667. The second-order valence-corrected chi connectivity index (χ2v) is 5.26. The summed E-state index contributed by atoms with van der Waals surface area (Å²) < 4.78 is 1.93. The summed E-state index contributed by atoms with van der Waals surface area (Å²) in [7, 11) is 2.00. The molecule has 0 radical (unpaired) electrons. The van der Waals surface area contributed by atoms with Crippen LogP contribution in [0, 0.1) is 6.92 Å². The maximum atomic E-state index is 4.48. The van der Waals surface area contributed by atoms with Crippen molar-refractivity contribution in [2.24, 2.45) is 7.05 Å². The third kappa shape index (κ3) is 3.02. The minimum absolute atomic E-state index is 0.374. The topological polar surface area (TPSA) is 29.9 Å². The number of nitrogens with one attached hydrogen (secondary N) is 1. The normalized spacial score (nSPS) is 17.6. The van der Waals surface area contributed by atoms with E-state index in [1.54, 1.807) is 5.57 Å². The molecular weight excluding hydrogens is 222 g/mol. The van der Waals surface area contributed by atoms with Crippen LogP contribution in [-0.2, 0) is 7.05 Å². The van der Waals surface area contributed by atoms with Crippen LogP contribution < -0.4 is 5.32 Å². The molecule has 0 spiro atoms. The first-order valence-corrected chi connectivity index (χ1v) is 7.14. The van der Waals surface area contributed by atoms with Crippen molar-refractivity contribution < 1.29 is 0 Å². The highest BCUT2D eigenvalue weighted by Gasteiger charge is 2.20. The molecule has 0 fully saturated rings. The Morgan fingerprint density at radius 1 is 1.44 bits per heavy atom. The van der Waals surface area contributed by atoms with Crippen LogP contribution in [0.2, 0.25) is 0 Å². The van der Waals surface area contributed by atoms with E-state index < -0.39 is 0 Å². The average Bonchev–Trinajstić information content (AvgIpc) is 2.70. The van der Waals surface area contributed by atoms with Gasteiger partial charge in [0.25, 0.3) is 0 Å². The number of hydrogen-bond acceptors (Lipinski definition) is 2. The zero-order valence-corrected chi connectivity index (χ0v) is 11.9. The lowest BCUT2D eigenvalue weighted by Gasteiger charge is -2.24. The Hall–Kier alpha value is -1.09. The van der Waals surface area contributed by atoms with Gasteiger partial charge in [0.05, 0.1) is 11.7 Å². The second kappa shape index (κ2) is 6.19. The number of aromatic nitrogens is 2.